The number of aliphatic hydroxyl groups is 4. The Hall–Kier alpha value is -4.14. The van der Waals surface area contributed by atoms with Crippen molar-refractivity contribution in [3.8, 4) is 28.6 Å². The maximum atomic E-state index is 12.4. The monoisotopic (exact) mass is 544 g/mol. The van der Waals surface area contributed by atoms with Crippen LogP contribution in [0.3, 0.4) is 0 Å². The van der Waals surface area contributed by atoms with E-state index in [1.807, 2.05) is 0 Å². The Labute approximate surface area is 218 Å². The van der Waals surface area contributed by atoms with Gasteiger partial charge in [0.2, 0.25) is 11.5 Å². The van der Waals surface area contributed by atoms with Crippen molar-refractivity contribution < 1.29 is 58.5 Å². The van der Waals surface area contributed by atoms with Crippen LogP contribution in [0.1, 0.15) is 22.2 Å². The highest BCUT2D eigenvalue weighted by molar-refractivity contribution is 6.09. The number of carbonyl (C=O) groups is 1. The van der Waals surface area contributed by atoms with E-state index >= 15 is 0 Å². The molecule has 0 unspecified atom stereocenters. The van der Waals surface area contributed by atoms with Crippen molar-refractivity contribution in [3.05, 3.63) is 51.9 Å². The van der Waals surface area contributed by atoms with Crippen molar-refractivity contribution in [2.24, 2.45) is 0 Å². The van der Waals surface area contributed by atoms with E-state index in [-0.39, 0.29) is 56.1 Å². The van der Waals surface area contributed by atoms with Gasteiger partial charge in [-0.1, -0.05) is 0 Å². The minimum Gasteiger partial charge on any atom is -0.502 e. The first-order valence-electron chi connectivity index (χ1n) is 11.6. The van der Waals surface area contributed by atoms with Gasteiger partial charge in [0.05, 0.1) is 26.2 Å². The molecule has 0 spiro atoms. The lowest BCUT2D eigenvalue weighted by molar-refractivity contribution is -0.231. The quantitative estimate of drug-likeness (QED) is 0.201. The summed E-state index contributed by atoms with van der Waals surface area (Å²) >= 11 is 0. The van der Waals surface area contributed by atoms with Gasteiger partial charge < -0.3 is 53.7 Å². The van der Waals surface area contributed by atoms with Crippen molar-refractivity contribution in [2.75, 3.05) is 20.8 Å². The van der Waals surface area contributed by atoms with Gasteiger partial charge in [-0.2, -0.15) is 0 Å². The summed E-state index contributed by atoms with van der Waals surface area (Å²) in [6.07, 6.45) is -8.02. The summed E-state index contributed by atoms with van der Waals surface area (Å²) in [6, 6.07) is 6.10. The number of aliphatic hydroxyl groups excluding tert-OH is 4. The molecule has 2 aromatic carbocycles. The second kappa shape index (κ2) is 9.87. The topological polar surface area (TPSA) is 209 Å². The van der Waals surface area contributed by atoms with Crippen LogP contribution in [-0.2, 0) is 4.74 Å². The first-order chi connectivity index (χ1) is 18.6. The molecule has 3 heterocycles. The fourth-order valence-electron chi connectivity index (χ4n) is 4.81. The van der Waals surface area contributed by atoms with Crippen LogP contribution in [0, 0.1) is 0 Å². The van der Waals surface area contributed by atoms with Gasteiger partial charge >= 0.3 is 5.97 Å². The molecule has 5 atom stereocenters. The number of hydrogen-bond acceptors (Lipinski definition) is 12. The van der Waals surface area contributed by atoms with Crippen LogP contribution < -0.4 is 14.9 Å². The summed E-state index contributed by atoms with van der Waals surface area (Å²) < 4.78 is 27.9. The fraction of sp³-hybridized carbons (Fsp3) is 0.308. The number of carboxylic acid groups (broad SMARTS) is 1. The van der Waals surface area contributed by atoms with E-state index in [1.165, 1.54) is 26.4 Å². The van der Waals surface area contributed by atoms with E-state index in [2.05, 4.69) is 0 Å². The molecule has 5 rings (SSSR count). The zero-order valence-corrected chi connectivity index (χ0v) is 20.5. The molecule has 0 aliphatic carbocycles. The second-order valence-electron chi connectivity index (χ2n) is 8.95. The van der Waals surface area contributed by atoms with Crippen molar-refractivity contribution in [1.29, 1.82) is 0 Å². The van der Waals surface area contributed by atoms with Gasteiger partial charge in [0.15, 0.2) is 16.9 Å². The molecule has 6 N–H and O–H groups in total. The molecule has 2 aromatic heterocycles. The van der Waals surface area contributed by atoms with Gasteiger partial charge in [-0.25, -0.2) is 4.79 Å². The molecule has 0 amide bonds. The van der Waals surface area contributed by atoms with E-state index in [0.29, 0.717) is 0 Å². The molecule has 1 aliphatic rings. The largest absolute Gasteiger partial charge is 0.502 e. The number of phenolic OH excluding ortho intramolecular Hbond substituents is 1. The van der Waals surface area contributed by atoms with E-state index in [1.54, 1.807) is 0 Å². The van der Waals surface area contributed by atoms with Crippen LogP contribution in [0.4, 0.5) is 0 Å². The van der Waals surface area contributed by atoms with Crippen LogP contribution in [0.5, 0.6) is 17.2 Å². The summed E-state index contributed by atoms with van der Waals surface area (Å²) in [6.45, 7) is -0.720. The summed E-state index contributed by atoms with van der Waals surface area (Å²) in [7, 11) is 2.60. The smallest absolute Gasteiger partial charge is 0.371 e. The third-order valence-electron chi connectivity index (χ3n) is 6.68. The fourth-order valence-corrected chi connectivity index (χ4v) is 4.81. The average molecular weight is 544 g/mol. The Kier molecular flexibility index (Phi) is 6.70. The third-order valence-corrected chi connectivity index (χ3v) is 6.68. The molecule has 0 saturated carbocycles. The molecule has 1 saturated heterocycles. The van der Waals surface area contributed by atoms with Gasteiger partial charge in [-0.05, 0) is 18.2 Å². The van der Waals surface area contributed by atoms with E-state index in [9.17, 15) is 40.2 Å². The summed E-state index contributed by atoms with van der Waals surface area (Å²) in [5, 5.41) is 62.1. The number of rotatable bonds is 6. The maximum absolute atomic E-state index is 12.4. The van der Waals surface area contributed by atoms with Crippen LogP contribution >= 0.6 is 0 Å². The lowest BCUT2D eigenvalue weighted by Crippen LogP contribution is -2.55. The van der Waals surface area contributed by atoms with E-state index in [0.717, 1.165) is 18.2 Å². The summed E-state index contributed by atoms with van der Waals surface area (Å²) in [4.78, 5) is 24.4. The SMILES string of the molecule is COc1cc(-c2oc3cc(=O)cc4oc(C(=O)O)cc(c2[C@@H]2O[C@H](CO)[C@@H](O)[C@H](O)[C@H]2O)c43)cc(OC)c1O. The number of phenols is 1. The number of benzene rings is 2. The Morgan fingerprint density at radius 3 is 2.10 bits per heavy atom. The highest BCUT2D eigenvalue weighted by Crippen LogP contribution is 2.47. The predicted octanol–water partition coefficient (Wildman–Crippen LogP) is 1.14. The summed E-state index contributed by atoms with van der Waals surface area (Å²) in [5.74, 6) is -2.49. The van der Waals surface area contributed by atoms with Crippen LogP contribution in [-0.4, -0.2) is 81.9 Å². The summed E-state index contributed by atoms with van der Waals surface area (Å²) in [5.41, 5.74) is -0.513. The molecule has 13 nitrogen and oxygen atoms in total. The Morgan fingerprint density at radius 2 is 1.54 bits per heavy atom. The molecule has 0 radical (unpaired) electrons. The number of aromatic carboxylic acids is 1. The predicted molar refractivity (Wildman–Crippen MR) is 132 cm³/mol. The van der Waals surface area contributed by atoms with Gasteiger partial charge in [-0.15, -0.1) is 0 Å². The zero-order chi connectivity index (χ0) is 28.2. The Balaban J connectivity index is 1.94. The van der Waals surface area contributed by atoms with Crippen LogP contribution in [0.25, 0.3) is 33.3 Å². The number of ether oxygens (including phenoxy) is 3. The van der Waals surface area contributed by atoms with Gasteiger partial charge in [0.25, 0.3) is 0 Å². The third kappa shape index (κ3) is 4.26. The van der Waals surface area contributed by atoms with Gasteiger partial charge in [0.1, 0.15) is 47.4 Å². The standard InChI is InChI=1S/C26H24O13/c1-35-14-3-9(4-15(36-2)20(14)29)24-19(25-23(32)22(31)21(30)17(8-27)39-25)11-7-16(26(33)34)37-12-5-10(28)6-13(38-24)18(11)12/h3-7,17,21-23,25,27,29-32H,8H2,1-2H3,(H,33,34)/t17-,21-,22+,23-,25+/m1/s1. The molecule has 1 fully saturated rings. The number of carboxylic acids is 1. The maximum Gasteiger partial charge on any atom is 0.371 e. The first-order valence-corrected chi connectivity index (χ1v) is 11.6. The minimum absolute atomic E-state index is 0.00357. The first kappa shape index (κ1) is 26.5. The number of aromatic hydroxyl groups is 1. The van der Waals surface area contributed by atoms with E-state index in [4.69, 9.17) is 23.0 Å². The van der Waals surface area contributed by atoms with Crippen molar-refractivity contribution >= 4 is 27.9 Å². The van der Waals surface area contributed by atoms with Gasteiger partial charge in [0, 0.05) is 28.6 Å². The zero-order valence-electron chi connectivity index (χ0n) is 20.5. The van der Waals surface area contributed by atoms with Crippen molar-refractivity contribution in [2.45, 2.75) is 30.5 Å². The molecular formula is C26H24O13. The Bertz CT molecular complexity index is 1610. The van der Waals surface area contributed by atoms with Crippen LogP contribution in [0.2, 0.25) is 0 Å². The molecule has 4 aromatic rings. The highest BCUT2D eigenvalue weighted by atomic mass is 16.5. The van der Waals surface area contributed by atoms with Gasteiger partial charge in [-0.3, -0.25) is 4.79 Å². The average Bonchev–Trinajstić information content (AvgIpc) is 2.92. The van der Waals surface area contributed by atoms with Crippen molar-refractivity contribution in [3.63, 3.8) is 0 Å². The van der Waals surface area contributed by atoms with Crippen molar-refractivity contribution in [1.82, 2.24) is 0 Å². The molecular weight excluding hydrogens is 520 g/mol. The second-order valence-corrected chi connectivity index (χ2v) is 8.95. The Morgan fingerprint density at radius 1 is 0.923 bits per heavy atom. The van der Waals surface area contributed by atoms with E-state index < -0.39 is 54.3 Å². The number of methoxy groups -OCH3 is 2. The molecule has 206 valence electrons. The lowest BCUT2D eigenvalue weighted by Gasteiger charge is -2.40. The molecule has 1 aliphatic heterocycles. The number of hydrogen-bond donors (Lipinski definition) is 6. The minimum atomic E-state index is -1.78. The highest BCUT2D eigenvalue weighted by Gasteiger charge is 2.46. The normalized spacial score (nSPS) is 23.3. The molecule has 0 bridgehead atoms. The van der Waals surface area contributed by atoms with Crippen LogP contribution in [0.15, 0.2) is 44.0 Å². The lowest BCUT2D eigenvalue weighted by atomic mass is 9.87. The molecule has 39 heavy (non-hydrogen) atoms. The molecule has 13 heteroatoms.